The lowest BCUT2D eigenvalue weighted by molar-refractivity contribution is 0.0698. The first-order valence-corrected chi connectivity index (χ1v) is 9.55. The molecule has 0 radical (unpaired) electrons. The standard InChI is InChI=1S/C22H15Cl2NO4/c23-18-9-16(21(26)27)20(10-19(18)24)25-22(28)29-11-17-14-7-3-1-5-12(14)13-6-2-4-8-15(13)17/h1-10,17H,11H2,(H,25,28)(H,26,27). The number of anilines is 1. The number of hydrogen-bond donors (Lipinski definition) is 2. The number of halogens is 2. The van der Waals surface area contributed by atoms with Crippen molar-refractivity contribution in [2.45, 2.75) is 5.92 Å². The molecule has 2 N–H and O–H groups in total. The van der Waals surface area contributed by atoms with Gasteiger partial charge in [0.15, 0.2) is 0 Å². The Hall–Kier alpha value is -3.02. The van der Waals surface area contributed by atoms with Crippen molar-refractivity contribution in [3.8, 4) is 11.1 Å². The highest BCUT2D eigenvalue weighted by molar-refractivity contribution is 6.42. The molecule has 0 aromatic heterocycles. The van der Waals surface area contributed by atoms with Crippen LogP contribution < -0.4 is 5.32 Å². The molecule has 0 aliphatic heterocycles. The van der Waals surface area contributed by atoms with Crippen molar-refractivity contribution < 1.29 is 19.4 Å². The zero-order valence-electron chi connectivity index (χ0n) is 15.0. The van der Waals surface area contributed by atoms with Crippen LogP contribution in [0.3, 0.4) is 0 Å². The molecule has 0 atom stereocenters. The van der Waals surface area contributed by atoms with Crippen LogP contribution >= 0.6 is 23.2 Å². The Bertz CT molecular complexity index is 1080. The lowest BCUT2D eigenvalue weighted by atomic mass is 9.98. The lowest BCUT2D eigenvalue weighted by Gasteiger charge is -2.15. The molecule has 29 heavy (non-hydrogen) atoms. The van der Waals surface area contributed by atoms with E-state index in [1.54, 1.807) is 0 Å². The number of carbonyl (C=O) groups is 2. The molecule has 4 rings (SSSR count). The molecular weight excluding hydrogens is 413 g/mol. The molecule has 0 saturated heterocycles. The summed E-state index contributed by atoms with van der Waals surface area (Å²) in [5.41, 5.74) is 4.26. The smallest absolute Gasteiger partial charge is 0.411 e. The van der Waals surface area contributed by atoms with Crippen LogP contribution in [0, 0.1) is 0 Å². The molecule has 0 saturated carbocycles. The molecule has 146 valence electrons. The SMILES string of the molecule is O=C(Nc1cc(Cl)c(Cl)cc1C(=O)O)OCC1c2ccccc2-c2ccccc21. The second-order valence-corrected chi connectivity index (χ2v) is 7.38. The van der Waals surface area contributed by atoms with Gasteiger partial charge in [0.25, 0.3) is 0 Å². The number of aromatic carboxylic acids is 1. The van der Waals surface area contributed by atoms with Gasteiger partial charge in [-0.25, -0.2) is 9.59 Å². The third kappa shape index (κ3) is 3.67. The lowest BCUT2D eigenvalue weighted by Crippen LogP contribution is -2.19. The minimum atomic E-state index is -1.24. The fourth-order valence-corrected chi connectivity index (χ4v) is 3.90. The molecule has 7 heteroatoms. The zero-order chi connectivity index (χ0) is 20.5. The first-order valence-electron chi connectivity index (χ1n) is 8.80. The van der Waals surface area contributed by atoms with Crippen LogP contribution in [0.1, 0.15) is 27.4 Å². The predicted octanol–water partition coefficient (Wildman–Crippen LogP) is 6.05. The van der Waals surface area contributed by atoms with Gasteiger partial charge in [-0.15, -0.1) is 0 Å². The number of fused-ring (bicyclic) bond motifs is 3. The van der Waals surface area contributed by atoms with Gasteiger partial charge in [0.2, 0.25) is 0 Å². The van der Waals surface area contributed by atoms with E-state index in [2.05, 4.69) is 5.32 Å². The number of nitrogens with one attached hydrogen (secondary N) is 1. The van der Waals surface area contributed by atoms with Crippen molar-refractivity contribution in [3.05, 3.63) is 87.4 Å². The molecule has 1 aliphatic carbocycles. The second kappa shape index (κ2) is 7.78. The maximum atomic E-state index is 12.4. The van der Waals surface area contributed by atoms with Gasteiger partial charge in [-0.1, -0.05) is 71.7 Å². The normalized spacial score (nSPS) is 12.2. The summed E-state index contributed by atoms with van der Waals surface area (Å²) in [5.74, 6) is -1.33. The van der Waals surface area contributed by atoms with Gasteiger partial charge in [0.05, 0.1) is 21.3 Å². The van der Waals surface area contributed by atoms with Gasteiger partial charge in [0.1, 0.15) is 6.61 Å². The van der Waals surface area contributed by atoms with E-state index in [1.165, 1.54) is 12.1 Å². The number of carboxylic acid groups (broad SMARTS) is 1. The number of amides is 1. The molecule has 0 spiro atoms. The van der Waals surface area contributed by atoms with Crippen LogP contribution in [-0.2, 0) is 4.74 Å². The van der Waals surface area contributed by atoms with Crippen LogP contribution in [0.4, 0.5) is 10.5 Å². The third-order valence-corrected chi connectivity index (χ3v) is 5.59. The molecule has 1 amide bonds. The molecule has 3 aromatic carbocycles. The summed E-state index contributed by atoms with van der Waals surface area (Å²) in [4.78, 5) is 23.8. The molecule has 1 aliphatic rings. The Morgan fingerprint density at radius 1 is 0.931 bits per heavy atom. The summed E-state index contributed by atoms with van der Waals surface area (Å²) in [7, 11) is 0. The summed E-state index contributed by atoms with van der Waals surface area (Å²) in [5, 5.41) is 12.0. The summed E-state index contributed by atoms with van der Waals surface area (Å²) in [6, 6.07) is 18.4. The highest BCUT2D eigenvalue weighted by Gasteiger charge is 2.29. The third-order valence-electron chi connectivity index (χ3n) is 4.87. The second-order valence-electron chi connectivity index (χ2n) is 6.57. The monoisotopic (exact) mass is 427 g/mol. The van der Waals surface area contributed by atoms with Crippen LogP contribution in [0.5, 0.6) is 0 Å². The number of carboxylic acids is 1. The van der Waals surface area contributed by atoms with Gasteiger partial charge in [-0.3, -0.25) is 5.32 Å². The highest BCUT2D eigenvalue weighted by atomic mass is 35.5. The van der Waals surface area contributed by atoms with E-state index in [9.17, 15) is 14.7 Å². The Balaban J connectivity index is 1.53. The van der Waals surface area contributed by atoms with Crippen LogP contribution in [-0.4, -0.2) is 23.8 Å². The first kappa shape index (κ1) is 19.3. The maximum Gasteiger partial charge on any atom is 0.411 e. The molecule has 0 bridgehead atoms. The van der Waals surface area contributed by atoms with Gasteiger partial charge in [-0.05, 0) is 34.4 Å². The largest absolute Gasteiger partial charge is 0.478 e. The van der Waals surface area contributed by atoms with E-state index in [-0.39, 0.29) is 33.8 Å². The summed E-state index contributed by atoms with van der Waals surface area (Å²) >= 11 is 11.8. The van der Waals surface area contributed by atoms with E-state index in [4.69, 9.17) is 27.9 Å². The first-order chi connectivity index (χ1) is 14.0. The molecule has 0 unspecified atom stereocenters. The van der Waals surface area contributed by atoms with Gasteiger partial charge >= 0.3 is 12.1 Å². The number of ether oxygens (including phenoxy) is 1. The fourth-order valence-electron chi connectivity index (χ4n) is 3.57. The van der Waals surface area contributed by atoms with Crippen molar-refractivity contribution in [1.29, 1.82) is 0 Å². The van der Waals surface area contributed by atoms with Gasteiger partial charge < -0.3 is 9.84 Å². The Morgan fingerprint density at radius 2 is 1.48 bits per heavy atom. The Kier molecular flexibility index (Phi) is 5.18. The van der Waals surface area contributed by atoms with Crippen LogP contribution in [0.15, 0.2) is 60.7 Å². The minimum absolute atomic E-state index is 0.0177. The molecule has 0 heterocycles. The van der Waals surface area contributed by atoms with Gasteiger partial charge in [-0.2, -0.15) is 0 Å². The average Bonchev–Trinajstić information content (AvgIpc) is 3.03. The predicted molar refractivity (Wildman–Crippen MR) is 112 cm³/mol. The van der Waals surface area contributed by atoms with Crippen molar-refractivity contribution in [3.63, 3.8) is 0 Å². The zero-order valence-corrected chi connectivity index (χ0v) is 16.5. The van der Waals surface area contributed by atoms with E-state index in [1.807, 2.05) is 48.5 Å². The van der Waals surface area contributed by atoms with Crippen LogP contribution in [0.25, 0.3) is 11.1 Å². The Labute approximate surface area is 176 Å². The Morgan fingerprint density at radius 3 is 2.07 bits per heavy atom. The average molecular weight is 428 g/mol. The van der Waals surface area contributed by atoms with Crippen LogP contribution in [0.2, 0.25) is 10.0 Å². The van der Waals surface area contributed by atoms with E-state index in [0.29, 0.717) is 0 Å². The quantitative estimate of drug-likeness (QED) is 0.530. The minimum Gasteiger partial charge on any atom is -0.478 e. The number of hydrogen-bond acceptors (Lipinski definition) is 3. The number of benzene rings is 3. The van der Waals surface area contributed by atoms with E-state index < -0.39 is 12.1 Å². The summed E-state index contributed by atoms with van der Waals surface area (Å²) in [6.07, 6.45) is -0.771. The molecule has 3 aromatic rings. The highest BCUT2D eigenvalue weighted by Crippen LogP contribution is 2.44. The van der Waals surface area contributed by atoms with Crippen molar-refractivity contribution in [2.75, 3.05) is 11.9 Å². The maximum absolute atomic E-state index is 12.4. The van der Waals surface area contributed by atoms with Crippen molar-refractivity contribution in [2.24, 2.45) is 0 Å². The topological polar surface area (TPSA) is 75.6 Å². The summed E-state index contributed by atoms with van der Waals surface area (Å²) in [6.45, 7) is 0.115. The van der Waals surface area contributed by atoms with Crippen molar-refractivity contribution in [1.82, 2.24) is 0 Å². The van der Waals surface area contributed by atoms with Crippen molar-refractivity contribution >= 4 is 41.0 Å². The molecule has 0 fully saturated rings. The fraction of sp³-hybridized carbons (Fsp3) is 0.0909. The number of rotatable bonds is 4. The number of carbonyl (C=O) groups excluding carboxylic acids is 1. The molecular formula is C22H15Cl2NO4. The molecule has 5 nitrogen and oxygen atoms in total. The van der Waals surface area contributed by atoms with Gasteiger partial charge in [0, 0.05) is 5.92 Å². The van der Waals surface area contributed by atoms with E-state index >= 15 is 0 Å². The summed E-state index contributed by atoms with van der Waals surface area (Å²) < 4.78 is 5.43. The van der Waals surface area contributed by atoms with E-state index in [0.717, 1.165) is 22.3 Å².